The molecule has 0 spiro atoms. The van der Waals surface area contributed by atoms with Gasteiger partial charge in [-0.2, -0.15) is 4.31 Å². The van der Waals surface area contributed by atoms with E-state index in [4.69, 9.17) is 9.15 Å². The molecule has 1 aromatic rings. The third-order valence-corrected chi connectivity index (χ3v) is 5.69. The first-order chi connectivity index (χ1) is 12.3. The summed E-state index contributed by atoms with van der Waals surface area (Å²) < 4.78 is 36.4. The standard InChI is InChI=1S/C16H25N3O6S/c1-12-9-19(10-13(2)25-12)26(22,23)8-6-17-15(20)3-5-18-16(21)14-4-7-24-11-14/h4,7,11-13H,3,5-6,8-10H2,1-2H3,(H,17,20)(H,18,21). The number of sulfonamides is 1. The SMILES string of the molecule is CC1CN(S(=O)(=O)CCNC(=O)CCNC(=O)c2ccoc2)CC(C)O1. The van der Waals surface area contributed by atoms with Gasteiger partial charge in [-0.25, -0.2) is 8.42 Å². The minimum atomic E-state index is -3.45. The number of nitrogens with one attached hydrogen (secondary N) is 2. The topological polar surface area (TPSA) is 118 Å². The minimum Gasteiger partial charge on any atom is -0.472 e. The van der Waals surface area contributed by atoms with Gasteiger partial charge in [0.05, 0.1) is 29.8 Å². The molecule has 2 atom stereocenters. The molecule has 2 unspecified atom stereocenters. The monoisotopic (exact) mass is 387 g/mol. The lowest BCUT2D eigenvalue weighted by Crippen LogP contribution is -2.49. The molecule has 2 amide bonds. The minimum absolute atomic E-state index is 0.0248. The number of carbonyl (C=O) groups is 2. The van der Waals surface area contributed by atoms with E-state index in [9.17, 15) is 18.0 Å². The molecule has 0 bridgehead atoms. The quantitative estimate of drug-likeness (QED) is 0.646. The summed E-state index contributed by atoms with van der Waals surface area (Å²) in [5.74, 6) is -0.819. The summed E-state index contributed by atoms with van der Waals surface area (Å²) in [7, 11) is -3.45. The highest BCUT2D eigenvalue weighted by Crippen LogP contribution is 2.14. The van der Waals surface area contributed by atoms with Crippen molar-refractivity contribution in [1.29, 1.82) is 0 Å². The van der Waals surface area contributed by atoms with E-state index in [0.717, 1.165) is 0 Å². The predicted molar refractivity (Wildman–Crippen MR) is 94.0 cm³/mol. The van der Waals surface area contributed by atoms with Crippen LogP contribution in [0.1, 0.15) is 30.6 Å². The molecule has 1 saturated heterocycles. The van der Waals surface area contributed by atoms with E-state index in [1.165, 1.54) is 22.9 Å². The van der Waals surface area contributed by atoms with Crippen LogP contribution in [0, 0.1) is 0 Å². The van der Waals surface area contributed by atoms with Crippen molar-refractivity contribution in [1.82, 2.24) is 14.9 Å². The number of hydrogen-bond acceptors (Lipinski definition) is 6. The molecule has 1 fully saturated rings. The van der Waals surface area contributed by atoms with Crippen LogP contribution in [0.2, 0.25) is 0 Å². The van der Waals surface area contributed by atoms with Crippen LogP contribution in [0.3, 0.4) is 0 Å². The maximum Gasteiger partial charge on any atom is 0.254 e. The molecule has 2 N–H and O–H groups in total. The highest BCUT2D eigenvalue weighted by Gasteiger charge is 2.30. The highest BCUT2D eigenvalue weighted by molar-refractivity contribution is 7.89. The molecule has 0 saturated carbocycles. The van der Waals surface area contributed by atoms with Gasteiger partial charge in [-0.3, -0.25) is 9.59 Å². The average Bonchev–Trinajstić information content (AvgIpc) is 3.08. The Morgan fingerprint density at radius 1 is 1.19 bits per heavy atom. The van der Waals surface area contributed by atoms with E-state index in [1.807, 2.05) is 13.8 Å². The Labute approximate surface area is 153 Å². The molecule has 10 heteroatoms. The molecule has 0 aromatic carbocycles. The van der Waals surface area contributed by atoms with Gasteiger partial charge >= 0.3 is 0 Å². The maximum absolute atomic E-state index is 12.3. The third kappa shape index (κ3) is 6.11. The Bertz CT molecular complexity index is 694. The molecule has 9 nitrogen and oxygen atoms in total. The lowest BCUT2D eigenvalue weighted by molar-refractivity contribution is -0.120. The Kier molecular flexibility index (Phi) is 7.18. The normalized spacial score (nSPS) is 21.3. The van der Waals surface area contributed by atoms with Crippen molar-refractivity contribution in [2.24, 2.45) is 0 Å². The maximum atomic E-state index is 12.3. The number of carbonyl (C=O) groups excluding carboxylic acids is 2. The first kappa shape index (κ1) is 20.4. The molecule has 146 valence electrons. The fourth-order valence-electron chi connectivity index (χ4n) is 2.68. The molecular formula is C16H25N3O6S. The molecule has 1 aliphatic heterocycles. The second-order valence-corrected chi connectivity index (χ2v) is 8.35. The zero-order valence-electron chi connectivity index (χ0n) is 14.9. The van der Waals surface area contributed by atoms with E-state index < -0.39 is 10.0 Å². The molecule has 2 heterocycles. The van der Waals surface area contributed by atoms with E-state index in [0.29, 0.717) is 18.7 Å². The lowest BCUT2D eigenvalue weighted by Gasteiger charge is -2.34. The largest absolute Gasteiger partial charge is 0.472 e. The summed E-state index contributed by atoms with van der Waals surface area (Å²) in [6.45, 7) is 4.48. The highest BCUT2D eigenvalue weighted by atomic mass is 32.2. The number of rotatable bonds is 8. The van der Waals surface area contributed by atoms with Crippen LogP contribution in [0.15, 0.2) is 23.0 Å². The fourth-order valence-corrected chi connectivity index (χ4v) is 4.17. The Balaban J connectivity index is 1.66. The number of hydrogen-bond donors (Lipinski definition) is 2. The van der Waals surface area contributed by atoms with Crippen molar-refractivity contribution in [3.05, 3.63) is 24.2 Å². The summed E-state index contributed by atoms with van der Waals surface area (Å²) in [5.41, 5.74) is 0.380. The van der Waals surface area contributed by atoms with Crippen LogP contribution >= 0.6 is 0 Å². The molecule has 26 heavy (non-hydrogen) atoms. The van der Waals surface area contributed by atoms with Crippen molar-refractivity contribution < 1.29 is 27.2 Å². The molecule has 0 radical (unpaired) electrons. The second kappa shape index (κ2) is 9.15. The number of ether oxygens (including phenoxy) is 1. The van der Waals surface area contributed by atoms with Crippen molar-refractivity contribution in [3.63, 3.8) is 0 Å². The zero-order valence-corrected chi connectivity index (χ0v) is 15.8. The Hall–Kier alpha value is -1.91. The molecule has 1 aromatic heterocycles. The van der Waals surface area contributed by atoms with E-state index >= 15 is 0 Å². The molecular weight excluding hydrogens is 362 g/mol. The van der Waals surface area contributed by atoms with Crippen LogP contribution < -0.4 is 10.6 Å². The Morgan fingerprint density at radius 3 is 2.50 bits per heavy atom. The van der Waals surface area contributed by atoms with Gasteiger partial charge < -0.3 is 19.8 Å². The van der Waals surface area contributed by atoms with Crippen LogP contribution in [-0.2, 0) is 19.6 Å². The van der Waals surface area contributed by atoms with Crippen molar-refractivity contribution >= 4 is 21.8 Å². The summed E-state index contributed by atoms with van der Waals surface area (Å²) in [6, 6.07) is 1.52. The summed E-state index contributed by atoms with van der Waals surface area (Å²) >= 11 is 0. The zero-order chi connectivity index (χ0) is 19.2. The summed E-state index contributed by atoms with van der Waals surface area (Å²) in [4.78, 5) is 23.4. The molecule has 0 aliphatic carbocycles. The number of amides is 2. The van der Waals surface area contributed by atoms with E-state index in [1.54, 1.807) is 0 Å². The Morgan fingerprint density at radius 2 is 1.88 bits per heavy atom. The lowest BCUT2D eigenvalue weighted by atomic mass is 10.3. The van der Waals surface area contributed by atoms with E-state index in [2.05, 4.69) is 10.6 Å². The summed E-state index contributed by atoms with van der Waals surface area (Å²) in [6.07, 6.45) is 2.46. The smallest absolute Gasteiger partial charge is 0.254 e. The second-order valence-electron chi connectivity index (χ2n) is 6.26. The van der Waals surface area contributed by atoms with Gasteiger partial charge in [-0.1, -0.05) is 0 Å². The average molecular weight is 387 g/mol. The summed E-state index contributed by atoms with van der Waals surface area (Å²) in [5, 5.41) is 5.15. The van der Waals surface area contributed by atoms with Crippen LogP contribution in [0.5, 0.6) is 0 Å². The van der Waals surface area contributed by atoms with Crippen LogP contribution in [0.25, 0.3) is 0 Å². The van der Waals surface area contributed by atoms with Gasteiger partial charge in [0.2, 0.25) is 15.9 Å². The first-order valence-electron chi connectivity index (χ1n) is 8.48. The predicted octanol–water partition coefficient (Wildman–Crippen LogP) is -0.0453. The van der Waals surface area contributed by atoms with Crippen LogP contribution in [-0.4, -0.2) is 68.7 Å². The van der Waals surface area contributed by atoms with Crippen molar-refractivity contribution in [2.45, 2.75) is 32.5 Å². The number of morpholine rings is 1. The number of furan rings is 1. The van der Waals surface area contributed by atoms with Crippen LogP contribution in [0.4, 0.5) is 0 Å². The molecule has 2 rings (SSSR count). The number of nitrogens with zero attached hydrogens (tertiary/aromatic N) is 1. The molecule has 1 aliphatic rings. The fraction of sp³-hybridized carbons (Fsp3) is 0.625. The van der Waals surface area contributed by atoms with Gasteiger partial charge in [0.25, 0.3) is 5.91 Å². The first-order valence-corrected chi connectivity index (χ1v) is 10.1. The van der Waals surface area contributed by atoms with Gasteiger partial charge in [0.1, 0.15) is 6.26 Å². The van der Waals surface area contributed by atoms with Gasteiger partial charge in [-0.05, 0) is 19.9 Å². The third-order valence-electron chi connectivity index (χ3n) is 3.88. The van der Waals surface area contributed by atoms with E-state index in [-0.39, 0.29) is 49.3 Å². The van der Waals surface area contributed by atoms with Gasteiger partial charge in [0.15, 0.2) is 0 Å². The van der Waals surface area contributed by atoms with Gasteiger partial charge in [0, 0.05) is 32.6 Å². The van der Waals surface area contributed by atoms with Gasteiger partial charge in [-0.15, -0.1) is 0 Å². The van der Waals surface area contributed by atoms with Crippen molar-refractivity contribution in [3.8, 4) is 0 Å². The van der Waals surface area contributed by atoms with Crippen molar-refractivity contribution in [2.75, 3.05) is 31.9 Å².